The van der Waals surface area contributed by atoms with Crippen molar-refractivity contribution in [2.45, 2.75) is 18.9 Å². The van der Waals surface area contributed by atoms with Crippen LogP contribution in [-0.2, 0) is 9.59 Å². The van der Waals surface area contributed by atoms with Crippen molar-refractivity contribution in [1.29, 1.82) is 0 Å². The number of carbonyl (C=O) groups is 2. The molecule has 2 fully saturated rings. The predicted octanol–water partition coefficient (Wildman–Crippen LogP) is 1.34. The van der Waals surface area contributed by atoms with Gasteiger partial charge in [-0.15, -0.1) is 0 Å². The first-order valence-corrected chi connectivity index (χ1v) is 7.10. The minimum absolute atomic E-state index is 0.133. The predicted molar refractivity (Wildman–Crippen MR) is 74.5 cm³/mol. The van der Waals surface area contributed by atoms with Crippen molar-refractivity contribution in [3.05, 3.63) is 30.1 Å². The summed E-state index contributed by atoms with van der Waals surface area (Å²) in [6.45, 7) is 1.48. The van der Waals surface area contributed by atoms with Crippen molar-refractivity contribution >= 4 is 17.6 Å². The molecule has 2 atom stereocenters. The molecule has 0 bridgehead atoms. The largest absolute Gasteiger partial charge is 0.481 e. The fourth-order valence-electron chi connectivity index (χ4n) is 3.19. The van der Waals surface area contributed by atoms with Gasteiger partial charge in [-0.3, -0.25) is 14.5 Å². The summed E-state index contributed by atoms with van der Waals surface area (Å²) in [7, 11) is 0. The summed E-state index contributed by atoms with van der Waals surface area (Å²) in [6.07, 6.45) is 1.18. The number of para-hydroxylation sites is 1. The summed E-state index contributed by atoms with van der Waals surface area (Å²) in [5.41, 5.74) is 0.305. The third-order valence-electron chi connectivity index (χ3n) is 4.33. The lowest BCUT2D eigenvalue weighted by atomic mass is 10.1. The summed E-state index contributed by atoms with van der Waals surface area (Å²) in [6, 6.07) is 5.91. The lowest BCUT2D eigenvalue weighted by Crippen LogP contribution is -2.41. The molecule has 0 aliphatic carbocycles. The topological polar surface area (TPSA) is 60.9 Å². The maximum atomic E-state index is 13.8. The Kier molecular flexibility index (Phi) is 3.63. The second-order valence-electron chi connectivity index (χ2n) is 5.56. The number of likely N-dealkylation sites (tertiary alicyclic amines) is 1. The van der Waals surface area contributed by atoms with E-state index in [1.165, 1.54) is 11.0 Å². The van der Waals surface area contributed by atoms with Gasteiger partial charge in [-0.1, -0.05) is 12.1 Å². The van der Waals surface area contributed by atoms with E-state index in [-0.39, 0.29) is 11.9 Å². The average Bonchev–Trinajstić information content (AvgIpc) is 3.06. The van der Waals surface area contributed by atoms with Gasteiger partial charge in [0.1, 0.15) is 5.82 Å². The molecule has 3 rings (SSSR count). The van der Waals surface area contributed by atoms with E-state index >= 15 is 0 Å². The summed E-state index contributed by atoms with van der Waals surface area (Å²) in [5, 5.41) is 9.03. The van der Waals surface area contributed by atoms with Gasteiger partial charge < -0.3 is 10.0 Å². The molecule has 2 heterocycles. The number of hydrogen-bond donors (Lipinski definition) is 1. The monoisotopic (exact) mass is 292 g/mol. The maximum Gasteiger partial charge on any atom is 0.307 e. The fraction of sp³-hybridized carbons (Fsp3) is 0.467. The van der Waals surface area contributed by atoms with E-state index in [1.54, 1.807) is 18.2 Å². The van der Waals surface area contributed by atoms with Crippen LogP contribution in [0.4, 0.5) is 10.1 Å². The van der Waals surface area contributed by atoms with Crippen molar-refractivity contribution in [3.8, 4) is 0 Å². The van der Waals surface area contributed by atoms with Gasteiger partial charge in [-0.25, -0.2) is 4.39 Å². The van der Waals surface area contributed by atoms with E-state index in [0.29, 0.717) is 38.2 Å². The summed E-state index contributed by atoms with van der Waals surface area (Å²) in [5.74, 6) is -1.75. The number of carboxylic acid groups (broad SMARTS) is 1. The number of halogens is 1. The molecular weight excluding hydrogens is 275 g/mol. The third kappa shape index (κ3) is 2.51. The molecule has 2 aliphatic heterocycles. The molecule has 1 aromatic carbocycles. The Morgan fingerprint density at radius 1 is 1.24 bits per heavy atom. The highest BCUT2D eigenvalue weighted by Crippen LogP contribution is 2.29. The quantitative estimate of drug-likeness (QED) is 0.913. The highest BCUT2D eigenvalue weighted by atomic mass is 19.1. The number of carboxylic acids is 1. The molecular formula is C15H17FN2O3. The molecule has 0 aromatic heterocycles. The molecule has 112 valence electrons. The van der Waals surface area contributed by atoms with Gasteiger partial charge in [0.2, 0.25) is 5.91 Å². The van der Waals surface area contributed by atoms with E-state index < -0.39 is 17.7 Å². The lowest BCUT2D eigenvalue weighted by molar-refractivity contribution is -0.141. The number of amides is 1. The second kappa shape index (κ2) is 5.44. The number of rotatable bonds is 3. The Morgan fingerprint density at radius 3 is 2.67 bits per heavy atom. The molecule has 21 heavy (non-hydrogen) atoms. The Hall–Kier alpha value is -1.95. The van der Waals surface area contributed by atoms with Gasteiger partial charge in [0, 0.05) is 13.1 Å². The Bertz CT molecular complexity index is 578. The average molecular weight is 292 g/mol. The van der Waals surface area contributed by atoms with Gasteiger partial charge in [0.15, 0.2) is 0 Å². The highest BCUT2D eigenvalue weighted by molar-refractivity contribution is 5.99. The number of benzene rings is 1. The molecule has 0 saturated carbocycles. The van der Waals surface area contributed by atoms with Gasteiger partial charge in [0.05, 0.1) is 17.6 Å². The molecule has 0 radical (unpaired) electrons. The van der Waals surface area contributed by atoms with Crippen LogP contribution in [0.5, 0.6) is 0 Å². The summed E-state index contributed by atoms with van der Waals surface area (Å²) >= 11 is 0. The van der Waals surface area contributed by atoms with E-state index in [9.17, 15) is 14.0 Å². The van der Waals surface area contributed by atoms with Gasteiger partial charge in [-0.2, -0.15) is 0 Å². The minimum Gasteiger partial charge on any atom is -0.481 e. The van der Waals surface area contributed by atoms with Crippen LogP contribution in [0.1, 0.15) is 12.8 Å². The zero-order valence-electron chi connectivity index (χ0n) is 11.5. The Morgan fingerprint density at radius 2 is 2.00 bits per heavy atom. The fourth-order valence-corrected chi connectivity index (χ4v) is 3.19. The summed E-state index contributed by atoms with van der Waals surface area (Å²) < 4.78 is 13.8. The first-order valence-electron chi connectivity index (χ1n) is 7.10. The van der Waals surface area contributed by atoms with E-state index in [1.807, 2.05) is 4.90 Å². The number of hydrogen-bond acceptors (Lipinski definition) is 3. The first kappa shape index (κ1) is 14.0. The van der Waals surface area contributed by atoms with Gasteiger partial charge in [-0.05, 0) is 31.5 Å². The molecule has 1 amide bonds. The number of aliphatic carboxylic acids is 1. The molecule has 2 aliphatic rings. The Balaban J connectivity index is 1.73. The molecule has 2 unspecified atom stereocenters. The number of anilines is 1. The molecule has 0 spiro atoms. The van der Waals surface area contributed by atoms with Crippen LogP contribution in [0.15, 0.2) is 24.3 Å². The van der Waals surface area contributed by atoms with E-state index in [0.717, 1.165) is 0 Å². The van der Waals surface area contributed by atoms with Crippen LogP contribution < -0.4 is 4.90 Å². The van der Waals surface area contributed by atoms with Gasteiger partial charge >= 0.3 is 5.97 Å². The van der Waals surface area contributed by atoms with Crippen molar-refractivity contribution in [2.75, 3.05) is 24.5 Å². The normalized spacial score (nSPS) is 26.5. The van der Waals surface area contributed by atoms with Gasteiger partial charge in [0.25, 0.3) is 0 Å². The van der Waals surface area contributed by atoms with Crippen LogP contribution in [0.25, 0.3) is 0 Å². The SMILES string of the molecule is O=C(O)C1CCN(C2CCN(c3ccccc3F)C2=O)C1. The smallest absolute Gasteiger partial charge is 0.307 e. The molecule has 1 aromatic rings. The van der Waals surface area contributed by atoms with Crippen molar-refractivity contribution in [2.24, 2.45) is 5.92 Å². The Labute approximate surface area is 122 Å². The standard InChI is InChI=1S/C15H17FN2O3/c16-11-3-1-2-4-12(11)18-8-6-13(14(18)19)17-7-5-10(9-17)15(20)21/h1-4,10,13H,5-9H2,(H,20,21). The zero-order valence-corrected chi connectivity index (χ0v) is 11.5. The lowest BCUT2D eigenvalue weighted by Gasteiger charge is -2.23. The molecule has 5 nitrogen and oxygen atoms in total. The number of nitrogens with zero attached hydrogens (tertiary/aromatic N) is 2. The third-order valence-corrected chi connectivity index (χ3v) is 4.33. The first-order chi connectivity index (χ1) is 10.1. The zero-order chi connectivity index (χ0) is 15.0. The maximum absolute atomic E-state index is 13.8. The second-order valence-corrected chi connectivity index (χ2v) is 5.56. The molecule has 6 heteroatoms. The molecule has 1 N–H and O–H groups in total. The van der Waals surface area contributed by atoms with Crippen molar-refractivity contribution in [1.82, 2.24) is 4.90 Å². The van der Waals surface area contributed by atoms with Crippen LogP contribution in [0.3, 0.4) is 0 Å². The highest BCUT2D eigenvalue weighted by Gasteiger charge is 2.41. The summed E-state index contributed by atoms with van der Waals surface area (Å²) in [4.78, 5) is 26.9. The molecule has 2 saturated heterocycles. The number of carbonyl (C=O) groups excluding carboxylic acids is 1. The van der Waals surface area contributed by atoms with E-state index in [4.69, 9.17) is 5.11 Å². The van der Waals surface area contributed by atoms with Crippen molar-refractivity contribution < 1.29 is 19.1 Å². The van der Waals surface area contributed by atoms with Crippen LogP contribution >= 0.6 is 0 Å². The van der Waals surface area contributed by atoms with E-state index in [2.05, 4.69) is 0 Å². The van der Waals surface area contributed by atoms with Crippen molar-refractivity contribution in [3.63, 3.8) is 0 Å². The van der Waals surface area contributed by atoms with Crippen LogP contribution in [-0.4, -0.2) is 47.6 Å². The van der Waals surface area contributed by atoms with Crippen LogP contribution in [0, 0.1) is 11.7 Å². The van der Waals surface area contributed by atoms with Crippen LogP contribution in [0.2, 0.25) is 0 Å². The minimum atomic E-state index is -0.811.